The summed E-state index contributed by atoms with van der Waals surface area (Å²) in [5.74, 6) is -1.64. The highest BCUT2D eigenvalue weighted by molar-refractivity contribution is 5.39. The second kappa shape index (κ2) is 5.49. The van der Waals surface area contributed by atoms with Crippen molar-refractivity contribution in [1.82, 2.24) is 5.32 Å². The fraction of sp³-hybridized carbons (Fsp3) is 0.250. The molecule has 0 saturated heterocycles. The summed E-state index contributed by atoms with van der Waals surface area (Å²) >= 11 is 0. The van der Waals surface area contributed by atoms with Gasteiger partial charge in [0.05, 0.1) is 6.04 Å². The quantitative estimate of drug-likeness (QED) is 0.883. The summed E-state index contributed by atoms with van der Waals surface area (Å²) in [4.78, 5) is 0. The van der Waals surface area contributed by atoms with E-state index < -0.39 is 11.6 Å². The molecule has 19 heavy (non-hydrogen) atoms. The van der Waals surface area contributed by atoms with Crippen molar-refractivity contribution < 1.29 is 8.78 Å². The van der Waals surface area contributed by atoms with Gasteiger partial charge in [-0.1, -0.05) is 29.8 Å². The highest BCUT2D eigenvalue weighted by atomic mass is 19.2. The number of benzene rings is 2. The van der Waals surface area contributed by atoms with E-state index in [2.05, 4.69) is 11.4 Å². The highest BCUT2D eigenvalue weighted by Crippen LogP contribution is 2.26. The SMILES string of the molecule is CNC(c1ccc(F)c(F)c1)c1ccc(C)cc1C. The summed E-state index contributed by atoms with van der Waals surface area (Å²) < 4.78 is 26.4. The molecule has 2 rings (SSSR count). The third kappa shape index (κ3) is 2.82. The number of hydrogen-bond donors (Lipinski definition) is 1. The lowest BCUT2D eigenvalue weighted by atomic mass is 9.94. The van der Waals surface area contributed by atoms with Gasteiger partial charge in [0.1, 0.15) is 0 Å². The minimum atomic E-state index is -0.820. The van der Waals surface area contributed by atoms with E-state index in [-0.39, 0.29) is 6.04 Å². The largest absolute Gasteiger partial charge is 0.309 e. The molecule has 1 atom stereocenters. The Balaban J connectivity index is 2.46. The number of nitrogens with one attached hydrogen (secondary N) is 1. The molecule has 0 spiro atoms. The maximum atomic E-state index is 13.4. The summed E-state index contributed by atoms with van der Waals surface area (Å²) in [6, 6.07) is 10.0. The second-order valence-corrected chi connectivity index (χ2v) is 4.76. The smallest absolute Gasteiger partial charge is 0.159 e. The average molecular weight is 261 g/mol. The van der Waals surface area contributed by atoms with Crippen LogP contribution < -0.4 is 5.32 Å². The standard InChI is InChI=1S/C16H17F2N/c1-10-4-6-13(11(2)8-10)16(19-3)12-5-7-14(17)15(18)9-12/h4-9,16,19H,1-3H3. The van der Waals surface area contributed by atoms with Gasteiger partial charge in [-0.3, -0.25) is 0 Å². The van der Waals surface area contributed by atoms with Crippen LogP contribution in [0.25, 0.3) is 0 Å². The van der Waals surface area contributed by atoms with Crippen molar-refractivity contribution in [2.45, 2.75) is 19.9 Å². The molecule has 3 heteroatoms. The molecule has 0 aromatic heterocycles. The normalized spacial score (nSPS) is 12.5. The molecule has 0 amide bonds. The molecule has 2 aromatic carbocycles. The van der Waals surface area contributed by atoms with Crippen LogP contribution >= 0.6 is 0 Å². The molecule has 0 aliphatic carbocycles. The minimum Gasteiger partial charge on any atom is -0.309 e. The van der Waals surface area contributed by atoms with Crippen molar-refractivity contribution in [2.75, 3.05) is 7.05 Å². The van der Waals surface area contributed by atoms with Crippen molar-refractivity contribution in [3.05, 3.63) is 70.3 Å². The number of rotatable bonds is 3. The van der Waals surface area contributed by atoms with Crippen molar-refractivity contribution >= 4 is 0 Å². The predicted octanol–water partition coefficient (Wildman–Crippen LogP) is 3.89. The van der Waals surface area contributed by atoms with Gasteiger partial charge in [-0.05, 0) is 49.7 Å². The Morgan fingerprint density at radius 2 is 1.68 bits per heavy atom. The van der Waals surface area contributed by atoms with Crippen molar-refractivity contribution in [3.8, 4) is 0 Å². The molecule has 1 nitrogen and oxygen atoms in total. The van der Waals surface area contributed by atoms with Crippen LogP contribution in [0.1, 0.15) is 28.3 Å². The van der Waals surface area contributed by atoms with E-state index >= 15 is 0 Å². The summed E-state index contributed by atoms with van der Waals surface area (Å²) in [7, 11) is 1.81. The summed E-state index contributed by atoms with van der Waals surface area (Å²) in [6.07, 6.45) is 0. The first-order valence-electron chi connectivity index (χ1n) is 6.22. The third-order valence-corrected chi connectivity index (χ3v) is 3.30. The molecule has 0 radical (unpaired) electrons. The average Bonchev–Trinajstić information content (AvgIpc) is 2.37. The molecule has 2 aromatic rings. The molecule has 0 aliphatic rings. The molecule has 0 saturated carbocycles. The Morgan fingerprint density at radius 3 is 2.26 bits per heavy atom. The lowest BCUT2D eigenvalue weighted by Crippen LogP contribution is -2.19. The van der Waals surface area contributed by atoms with E-state index in [0.29, 0.717) is 5.56 Å². The Bertz CT molecular complexity index is 593. The van der Waals surface area contributed by atoms with Crippen LogP contribution in [-0.2, 0) is 0 Å². The van der Waals surface area contributed by atoms with E-state index in [9.17, 15) is 8.78 Å². The molecule has 0 fully saturated rings. The molecule has 0 heterocycles. The zero-order valence-corrected chi connectivity index (χ0v) is 11.3. The van der Waals surface area contributed by atoms with E-state index in [4.69, 9.17) is 0 Å². The molecule has 1 N–H and O–H groups in total. The summed E-state index contributed by atoms with van der Waals surface area (Å²) in [5, 5.41) is 3.15. The van der Waals surface area contributed by atoms with Gasteiger partial charge in [0.2, 0.25) is 0 Å². The lowest BCUT2D eigenvalue weighted by molar-refractivity contribution is 0.505. The number of aryl methyl sites for hydroxylation is 2. The molecule has 0 aliphatic heterocycles. The van der Waals surface area contributed by atoms with Gasteiger partial charge in [-0.25, -0.2) is 8.78 Å². The zero-order chi connectivity index (χ0) is 14.0. The molecule has 1 unspecified atom stereocenters. The maximum absolute atomic E-state index is 13.4. The number of hydrogen-bond acceptors (Lipinski definition) is 1. The van der Waals surface area contributed by atoms with Gasteiger partial charge in [0, 0.05) is 0 Å². The summed E-state index contributed by atoms with van der Waals surface area (Å²) in [5.41, 5.74) is 4.10. The van der Waals surface area contributed by atoms with Crippen molar-refractivity contribution in [1.29, 1.82) is 0 Å². The van der Waals surface area contributed by atoms with Gasteiger partial charge >= 0.3 is 0 Å². The topological polar surface area (TPSA) is 12.0 Å². The molecule has 100 valence electrons. The zero-order valence-electron chi connectivity index (χ0n) is 11.3. The van der Waals surface area contributed by atoms with Gasteiger partial charge in [-0.15, -0.1) is 0 Å². The first-order valence-corrected chi connectivity index (χ1v) is 6.22. The van der Waals surface area contributed by atoms with E-state index in [1.54, 1.807) is 6.07 Å². The first kappa shape index (κ1) is 13.7. The molecular weight excluding hydrogens is 244 g/mol. The minimum absolute atomic E-state index is 0.143. The Hall–Kier alpha value is -1.74. The van der Waals surface area contributed by atoms with E-state index in [1.165, 1.54) is 17.7 Å². The fourth-order valence-corrected chi connectivity index (χ4v) is 2.34. The molecule has 0 bridgehead atoms. The first-order chi connectivity index (χ1) is 9.02. The lowest BCUT2D eigenvalue weighted by Gasteiger charge is -2.20. The Morgan fingerprint density at radius 1 is 0.947 bits per heavy atom. The van der Waals surface area contributed by atoms with Gasteiger partial charge < -0.3 is 5.32 Å². The van der Waals surface area contributed by atoms with Crippen molar-refractivity contribution in [3.63, 3.8) is 0 Å². The van der Waals surface area contributed by atoms with Gasteiger partial charge in [0.25, 0.3) is 0 Å². The number of halogens is 2. The maximum Gasteiger partial charge on any atom is 0.159 e. The van der Waals surface area contributed by atoms with Crippen molar-refractivity contribution in [2.24, 2.45) is 0 Å². The van der Waals surface area contributed by atoms with Crippen LogP contribution in [0.2, 0.25) is 0 Å². The third-order valence-electron chi connectivity index (χ3n) is 3.30. The van der Waals surface area contributed by atoms with Crippen LogP contribution in [0.3, 0.4) is 0 Å². The van der Waals surface area contributed by atoms with Crippen LogP contribution in [-0.4, -0.2) is 7.05 Å². The monoisotopic (exact) mass is 261 g/mol. The summed E-state index contributed by atoms with van der Waals surface area (Å²) in [6.45, 7) is 4.05. The van der Waals surface area contributed by atoms with Crippen LogP contribution in [0.4, 0.5) is 8.78 Å². The Kier molecular flexibility index (Phi) is 3.96. The van der Waals surface area contributed by atoms with Crippen LogP contribution in [0, 0.1) is 25.5 Å². The fourth-order valence-electron chi connectivity index (χ4n) is 2.34. The predicted molar refractivity (Wildman–Crippen MR) is 73.2 cm³/mol. The van der Waals surface area contributed by atoms with E-state index in [1.807, 2.05) is 33.0 Å². The highest BCUT2D eigenvalue weighted by Gasteiger charge is 2.16. The van der Waals surface area contributed by atoms with Crippen LogP contribution in [0.15, 0.2) is 36.4 Å². The van der Waals surface area contributed by atoms with Crippen LogP contribution in [0.5, 0.6) is 0 Å². The second-order valence-electron chi connectivity index (χ2n) is 4.76. The van der Waals surface area contributed by atoms with Gasteiger partial charge in [0.15, 0.2) is 11.6 Å². The van der Waals surface area contributed by atoms with Gasteiger partial charge in [-0.2, -0.15) is 0 Å². The van der Waals surface area contributed by atoms with E-state index in [0.717, 1.165) is 11.1 Å². The molecular formula is C16H17F2N. The Labute approximate surface area is 112 Å².